The molecule has 19 heavy (non-hydrogen) atoms. The van der Waals surface area contributed by atoms with Crippen LogP contribution in [0.4, 0.5) is 0 Å². The first-order valence-electron chi connectivity index (χ1n) is 7.06. The Morgan fingerprint density at radius 2 is 1.84 bits per heavy atom. The largest absolute Gasteiger partial charge is 0.508 e. The molecule has 4 heteroatoms. The summed E-state index contributed by atoms with van der Waals surface area (Å²) in [5, 5.41) is 9.29. The van der Waals surface area contributed by atoms with Gasteiger partial charge in [0.25, 0.3) is 5.91 Å². The van der Waals surface area contributed by atoms with Gasteiger partial charge in [-0.1, -0.05) is 0 Å². The second-order valence-corrected chi connectivity index (χ2v) is 5.48. The van der Waals surface area contributed by atoms with Crippen molar-refractivity contribution >= 4 is 5.91 Å². The minimum Gasteiger partial charge on any atom is -0.508 e. The molecule has 0 spiro atoms. The van der Waals surface area contributed by atoms with Gasteiger partial charge in [-0.3, -0.25) is 9.69 Å². The third-order valence-electron chi connectivity index (χ3n) is 4.21. The number of carbonyl (C=O) groups excluding carboxylic acids is 1. The molecule has 0 saturated carbocycles. The van der Waals surface area contributed by atoms with Crippen LogP contribution in [0.25, 0.3) is 0 Å². The van der Waals surface area contributed by atoms with E-state index in [1.165, 1.54) is 19.4 Å². The van der Waals surface area contributed by atoms with Gasteiger partial charge in [-0.25, -0.2) is 0 Å². The van der Waals surface area contributed by atoms with Crippen LogP contribution in [-0.2, 0) is 0 Å². The second-order valence-electron chi connectivity index (χ2n) is 5.48. The summed E-state index contributed by atoms with van der Waals surface area (Å²) >= 11 is 0. The number of hydrogen-bond donors (Lipinski definition) is 1. The Morgan fingerprint density at radius 3 is 2.63 bits per heavy atom. The van der Waals surface area contributed by atoms with E-state index in [1.807, 2.05) is 4.90 Å². The quantitative estimate of drug-likeness (QED) is 0.836. The van der Waals surface area contributed by atoms with Gasteiger partial charge >= 0.3 is 0 Å². The van der Waals surface area contributed by atoms with Crippen molar-refractivity contribution in [2.24, 2.45) is 0 Å². The number of phenols is 1. The molecule has 1 unspecified atom stereocenters. The molecule has 1 aromatic rings. The molecular formula is C15H20N2O2. The highest BCUT2D eigenvalue weighted by Crippen LogP contribution is 2.22. The van der Waals surface area contributed by atoms with Crippen LogP contribution in [0.2, 0.25) is 0 Å². The lowest BCUT2D eigenvalue weighted by Gasteiger charge is -2.25. The Kier molecular flexibility index (Phi) is 3.42. The van der Waals surface area contributed by atoms with Crippen molar-refractivity contribution < 1.29 is 9.90 Å². The Hall–Kier alpha value is -1.55. The Balaban J connectivity index is 1.73. The fraction of sp³-hybridized carbons (Fsp3) is 0.533. The van der Waals surface area contributed by atoms with Gasteiger partial charge < -0.3 is 10.0 Å². The molecule has 102 valence electrons. The summed E-state index contributed by atoms with van der Waals surface area (Å²) in [5.74, 6) is 0.295. The fourth-order valence-electron chi connectivity index (χ4n) is 3.18. The molecule has 0 bridgehead atoms. The van der Waals surface area contributed by atoms with Crippen LogP contribution in [-0.4, -0.2) is 53.0 Å². The zero-order chi connectivity index (χ0) is 13.2. The summed E-state index contributed by atoms with van der Waals surface area (Å²) in [4.78, 5) is 17.0. The highest BCUT2D eigenvalue weighted by Gasteiger charge is 2.30. The van der Waals surface area contributed by atoms with Crippen molar-refractivity contribution in [2.45, 2.75) is 25.3 Å². The van der Waals surface area contributed by atoms with Gasteiger partial charge in [0.2, 0.25) is 0 Å². The lowest BCUT2D eigenvalue weighted by atomic mass is 10.1. The number of phenolic OH excluding ortho intramolecular Hbond substituents is 1. The Labute approximate surface area is 113 Å². The molecular weight excluding hydrogens is 240 g/mol. The third kappa shape index (κ3) is 2.59. The van der Waals surface area contributed by atoms with Crippen LogP contribution in [0.15, 0.2) is 24.3 Å². The first-order valence-corrected chi connectivity index (χ1v) is 7.06. The summed E-state index contributed by atoms with van der Waals surface area (Å²) < 4.78 is 0. The smallest absolute Gasteiger partial charge is 0.253 e. The summed E-state index contributed by atoms with van der Waals surface area (Å²) in [6.07, 6.45) is 3.52. The average Bonchev–Trinajstić information content (AvgIpc) is 2.76. The third-order valence-corrected chi connectivity index (χ3v) is 4.21. The molecule has 1 atom stereocenters. The van der Waals surface area contributed by atoms with E-state index in [2.05, 4.69) is 4.90 Å². The highest BCUT2D eigenvalue weighted by molar-refractivity contribution is 5.94. The van der Waals surface area contributed by atoms with Crippen LogP contribution in [0.3, 0.4) is 0 Å². The molecule has 0 aliphatic carbocycles. The van der Waals surface area contributed by atoms with Gasteiger partial charge in [0.1, 0.15) is 5.75 Å². The first-order chi connectivity index (χ1) is 9.24. The molecule has 0 radical (unpaired) electrons. The number of carbonyl (C=O) groups is 1. The molecule has 2 saturated heterocycles. The predicted molar refractivity (Wildman–Crippen MR) is 73.2 cm³/mol. The van der Waals surface area contributed by atoms with Crippen LogP contribution in [0.1, 0.15) is 29.6 Å². The van der Waals surface area contributed by atoms with Crippen molar-refractivity contribution in [2.75, 3.05) is 26.2 Å². The Bertz CT molecular complexity index is 458. The maximum atomic E-state index is 12.5. The van der Waals surface area contributed by atoms with E-state index >= 15 is 0 Å². The van der Waals surface area contributed by atoms with Crippen LogP contribution in [0.5, 0.6) is 5.75 Å². The van der Waals surface area contributed by atoms with Gasteiger partial charge in [0, 0.05) is 31.2 Å². The minimum atomic E-state index is 0.0914. The van der Waals surface area contributed by atoms with Crippen molar-refractivity contribution in [3.63, 3.8) is 0 Å². The predicted octanol–water partition coefficient (Wildman–Crippen LogP) is 1.70. The molecule has 1 aromatic carbocycles. The topological polar surface area (TPSA) is 43.8 Å². The van der Waals surface area contributed by atoms with E-state index in [0.717, 1.165) is 26.1 Å². The zero-order valence-corrected chi connectivity index (χ0v) is 11.1. The van der Waals surface area contributed by atoms with E-state index in [0.29, 0.717) is 11.6 Å². The van der Waals surface area contributed by atoms with Crippen LogP contribution in [0, 0.1) is 0 Å². The van der Waals surface area contributed by atoms with Crippen LogP contribution < -0.4 is 0 Å². The molecule has 4 nitrogen and oxygen atoms in total. The maximum Gasteiger partial charge on any atom is 0.253 e. The van der Waals surface area contributed by atoms with E-state index in [1.54, 1.807) is 24.3 Å². The normalized spacial score (nSPS) is 24.0. The minimum absolute atomic E-state index is 0.0914. The summed E-state index contributed by atoms with van der Waals surface area (Å²) in [6.45, 7) is 3.99. The van der Waals surface area contributed by atoms with E-state index in [4.69, 9.17) is 0 Å². The number of nitrogens with zero attached hydrogens (tertiary/aromatic N) is 2. The van der Waals surface area contributed by atoms with Crippen LogP contribution >= 0.6 is 0 Å². The average molecular weight is 260 g/mol. The van der Waals surface area contributed by atoms with Crippen molar-refractivity contribution in [1.82, 2.24) is 9.80 Å². The van der Waals surface area contributed by atoms with E-state index in [9.17, 15) is 9.90 Å². The zero-order valence-electron chi connectivity index (χ0n) is 11.1. The molecule has 2 fully saturated rings. The first kappa shape index (κ1) is 12.5. The molecule has 2 heterocycles. The highest BCUT2D eigenvalue weighted by atomic mass is 16.3. The number of rotatable bonds is 1. The number of aromatic hydroxyl groups is 1. The van der Waals surface area contributed by atoms with Gasteiger partial charge in [-0.2, -0.15) is 0 Å². The lowest BCUT2D eigenvalue weighted by molar-refractivity contribution is 0.0743. The number of hydrogen-bond acceptors (Lipinski definition) is 3. The number of benzene rings is 1. The monoisotopic (exact) mass is 260 g/mol. The fourth-order valence-corrected chi connectivity index (χ4v) is 3.18. The van der Waals surface area contributed by atoms with Crippen molar-refractivity contribution in [3.05, 3.63) is 29.8 Å². The molecule has 0 aromatic heterocycles. The van der Waals surface area contributed by atoms with Crippen molar-refractivity contribution in [3.8, 4) is 5.75 Å². The number of fused-ring (bicyclic) bond motifs is 1. The van der Waals surface area contributed by atoms with Gasteiger partial charge in [-0.05, 0) is 50.1 Å². The van der Waals surface area contributed by atoms with E-state index < -0.39 is 0 Å². The summed E-state index contributed by atoms with van der Waals surface area (Å²) in [7, 11) is 0. The molecule has 3 rings (SSSR count). The Morgan fingerprint density at radius 1 is 1.11 bits per heavy atom. The van der Waals surface area contributed by atoms with Gasteiger partial charge in [0.05, 0.1) is 0 Å². The molecule has 2 aliphatic rings. The molecule has 2 aliphatic heterocycles. The summed E-state index contributed by atoms with van der Waals surface area (Å²) in [6, 6.07) is 7.10. The second kappa shape index (κ2) is 5.21. The van der Waals surface area contributed by atoms with Crippen molar-refractivity contribution in [1.29, 1.82) is 0 Å². The van der Waals surface area contributed by atoms with E-state index in [-0.39, 0.29) is 11.7 Å². The van der Waals surface area contributed by atoms with Gasteiger partial charge in [0.15, 0.2) is 0 Å². The molecule has 1 amide bonds. The number of amides is 1. The summed E-state index contributed by atoms with van der Waals surface area (Å²) in [5.41, 5.74) is 0.671. The lowest BCUT2D eigenvalue weighted by Crippen LogP contribution is -2.39. The maximum absolute atomic E-state index is 12.5. The molecule has 1 N–H and O–H groups in total. The SMILES string of the molecule is O=C(c1ccc(O)cc1)N1CCCN2CCCC2C1. The van der Waals surface area contributed by atoms with Gasteiger partial charge in [-0.15, -0.1) is 0 Å². The standard InChI is InChI=1S/C15H20N2O2/c18-14-6-4-12(5-7-14)15(19)17-10-2-9-16-8-1-3-13(16)11-17/h4-7,13,18H,1-3,8-11H2.